The second-order valence-corrected chi connectivity index (χ2v) is 14.7. The molecule has 0 unspecified atom stereocenters. The summed E-state index contributed by atoms with van der Waals surface area (Å²) in [4.78, 5) is 13.9. The molecular weight excluding hydrogens is 645 g/mol. The van der Waals surface area contributed by atoms with E-state index >= 15 is 0 Å². The number of rotatable bonds is 4. The van der Waals surface area contributed by atoms with Crippen molar-refractivity contribution in [3.63, 3.8) is 0 Å². The number of aromatic amines is 1. The highest BCUT2D eigenvalue weighted by molar-refractivity contribution is 6.15. The number of hydrogen-bond donors (Lipinski definition) is 1. The molecule has 0 saturated carbocycles. The van der Waals surface area contributed by atoms with Gasteiger partial charge in [0, 0.05) is 43.9 Å². The first-order valence-electron chi connectivity index (χ1n) is 18.3. The molecule has 1 aliphatic carbocycles. The maximum absolute atomic E-state index is 5.19. The van der Waals surface area contributed by atoms with E-state index in [-0.39, 0.29) is 5.41 Å². The van der Waals surface area contributed by atoms with Crippen molar-refractivity contribution < 1.29 is 0 Å². The van der Waals surface area contributed by atoms with Gasteiger partial charge in [-0.05, 0) is 81.9 Å². The normalized spacial score (nSPS) is 13.2. The van der Waals surface area contributed by atoms with Crippen LogP contribution in [0.4, 0.5) is 0 Å². The van der Waals surface area contributed by atoms with Crippen molar-refractivity contribution >= 4 is 43.7 Å². The first-order valence-corrected chi connectivity index (χ1v) is 18.3. The molecule has 7 aromatic carbocycles. The van der Waals surface area contributed by atoms with Crippen molar-refractivity contribution in [1.82, 2.24) is 19.5 Å². The third-order valence-corrected chi connectivity index (χ3v) is 11.3. The van der Waals surface area contributed by atoms with Gasteiger partial charge in [-0.3, -0.25) is 0 Å². The Labute approximate surface area is 307 Å². The van der Waals surface area contributed by atoms with Crippen LogP contribution in [0.3, 0.4) is 0 Å². The van der Waals surface area contributed by atoms with Crippen LogP contribution < -0.4 is 0 Å². The monoisotopic (exact) mass is 678 g/mol. The molecule has 0 radical (unpaired) electrons. The third kappa shape index (κ3) is 4.42. The van der Waals surface area contributed by atoms with Crippen LogP contribution >= 0.6 is 0 Å². The van der Waals surface area contributed by atoms with Gasteiger partial charge in [-0.2, -0.15) is 0 Å². The number of nitrogens with one attached hydrogen (secondary N) is 1. The van der Waals surface area contributed by atoms with E-state index in [1.54, 1.807) is 0 Å². The summed E-state index contributed by atoms with van der Waals surface area (Å²) in [5.74, 6) is 0.710. The van der Waals surface area contributed by atoms with Gasteiger partial charge in [0.15, 0.2) is 5.82 Å². The van der Waals surface area contributed by atoms with Gasteiger partial charge in [-0.25, -0.2) is 9.97 Å². The largest absolute Gasteiger partial charge is 0.339 e. The molecule has 53 heavy (non-hydrogen) atoms. The van der Waals surface area contributed by atoms with E-state index in [0.717, 1.165) is 50.0 Å². The Bertz CT molecular complexity index is 3060. The van der Waals surface area contributed by atoms with Crippen molar-refractivity contribution in [2.45, 2.75) is 19.3 Å². The topological polar surface area (TPSA) is 46.5 Å². The molecule has 0 aliphatic heterocycles. The van der Waals surface area contributed by atoms with Crippen molar-refractivity contribution in [2.75, 3.05) is 0 Å². The molecule has 0 atom stereocenters. The lowest BCUT2D eigenvalue weighted by Gasteiger charge is -2.21. The summed E-state index contributed by atoms with van der Waals surface area (Å²) < 4.78 is 2.43. The minimum atomic E-state index is -0.0812. The van der Waals surface area contributed by atoms with Crippen molar-refractivity contribution in [1.29, 1.82) is 0 Å². The predicted molar refractivity (Wildman–Crippen MR) is 220 cm³/mol. The molecular formula is C49H34N4. The molecule has 11 rings (SSSR count). The van der Waals surface area contributed by atoms with Crippen LogP contribution in [0.15, 0.2) is 164 Å². The van der Waals surface area contributed by atoms with Crippen LogP contribution in [-0.2, 0) is 5.41 Å². The maximum atomic E-state index is 5.19. The zero-order valence-electron chi connectivity index (χ0n) is 29.4. The van der Waals surface area contributed by atoms with Gasteiger partial charge < -0.3 is 9.55 Å². The molecule has 10 aromatic rings. The summed E-state index contributed by atoms with van der Waals surface area (Å²) in [5, 5.41) is 4.65. The van der Waals surface area contributed by atoms with Gasteiger partial charge in [-0.15, -0.1) is 0 Å². The van der Waals surface area contributed by atoms with E-state index in [9.17, 15) is 0 Å². The second-order valence-electron chi connectivity index (χ2n) is 14.7. The molecule has 0 spiro atoms. The highest BCUT2D eigenvalue weighted by atomic mass is 15.0. The maximum Gasteiger partial charge on any atom is 0.162 e. The van der Waals surface area contributed by atoms with Gasteiger partial charge in [0.05, 0.1) is 22.1 Å². The Morgan fingerprint density at radius 2 is 1.13 bits per heavy atom. The van der Waals surface area contributed by atoms with Crippen molar-refractivity contribution in [3.8, 4) is 50.6 Å². The van der Waals surface area contributed by atoms with Crippen LogP contribution in [-0.4, -0.2) is 19.5 Å². The minimum absolute atomic E-state index is 0.0812. The van der Waals surface area contributed by atoms with E-state index in [0.29, 0.717) is 5.82 Å². The molecule has 3 aromatic heterocycles. The number of nitrogens with zero attached hydrogens (tertiary/aromatic N) is 3. The second kappa shape index (κ2) is 11.1. The first kappa shape index (κ1) is 29.9. The Hall–Kier alpha value is -6.78. The first-order chi connectivity index (χ1) is 26.0. The highest BCUT2D eigenvalue weighted by Crippen LogP contribution is 2.51. The fourth-order valence-corrected chi connectivity index (χ4v) is 8.74. The number of H-pyrrole nitrogens is 1. The average molecular weight is 679 g/mol. The number of para-hydroxylation sites is 1. The lowest BCUT2D eigenvalue weighted by molar-refractivity contribution is 0.661. The van der Waals surface area contributed by atoms with Crippen LogP contribution in [0.2, 0.25) is 0 Å². The highest BCUT2D eigenvalue weighted by Gasteiger charge is 2.36. The molecule has 1 aliphatic rings. The average Bonchev–Trinajstić information content (AvgIpc) is 3.82. The van der Waals surface area contributed by atoms with E-state index in [1.807, 2.05) is 24.3 Å². The van der Waals surface area contributed by atoms with E-state index in [2.05, 4.69) is 163 Å². The summed E-state index contributed by atoms with van der Waals surface area (Å²) in [6.45, 7) is 4.71. The summed E-state index contributed by atoms with van der Waals surface area (Å²) in [7, 11) is 0. The Morgan fingerprint density at radius 3 is 1.91 bits per heavy atom. The zero-order chi connectivity index (χ0) is 35.3. The van der Waals surface area contributed by atoms with Crippen LogP contribution in [0, 0.1) is 0 Å². The van der Waals surface area contributed by atoms with Gasteiger partial charge in [0.1, 0.15) is 5.65 Å². The molecule has 0 bridgehead atoms. The number of hydrogen-bond acceptors (Lipinski definition) is 2. The number of benzene rings is 7. The van der Waals surface area contributed by atoms with Crippen LogP contribution in [0.1, 0.15) is 25.0 Å². The summed E-state index contributed by atoms with van der Waals surface area (Å²) in [6, 6.07) is 58.9. The molecule has 4 nitrogen and oxygen atoms in total. The fourth-order valence-electron chi connectivity index (χ4n) is 8.74. The smallest absolute Gasteiger partial charge is 0.162 e. The SMILES string of the molecule is CC1(C)c2ccccc2-c2cc3c4cc(-c5ccc6[nH]c7nc(-c8ccccc8)nc(-c8ccccc8)c7c6c5)ccc4n(-c4ccccc4)c3cc21. The van der Waals surface area contributed by atoms with Gasteiger partial charge in [0.25, 0.3) is 0 Å². The van der Waals surface area contributed by atoms with Crippen molar-refractivity contribution in [2.24, 2.45) is 0 Å². The van der Waals surface area contributed by atoms with Crippen LogP contribution in [0.25, 0.3) is 94.3 Å². The quantitative estimate of drug-likeness (QED) is 0.201. The third-order valence-electron chi connectivity index (χ3n) is 11.3. The van der Waals surface area contributed by atoms with Gasteiger partial charge in [-0.1, -0.05) is 129 Å². The molecule has 250 valence electrons. The summed E-state index contributed by atoms with van der Waals surface area (Å²) in [5.41, 5.74) is 16.1. The van der Waals surface area contributed by atoms with Gasteiger partial charge in [0.2, 0.25) is 0 Å². The van der Waals surface area contributed by atoms with E-state index < -0.39 is 0 Å². The number of aromatic nitrogens is 4. The Morgan fingerprint density at radius 1 is 0.491 bits per heavy atom. The summed E-state index contributed by atoms with van der Waals surface area (Å²) in [6.07, 6.45) is 0. The van der Waals surface area contributed by atoms with E-state index in [1.165, 1.54) is 49.6 Å². The lowest BCUT2D eigenvalue weighted by Crippen LogP contribution is -2.14. The van der Waals surface area contributed by atoms with E-state index in [4.69, 9.17) is 9.97 Å². The predicted octanol–water partition coefficient (Wildman–Crippen LogP) is 12.5. The van der Waals surface area contributed by atoms with Crippen LogP contribution in [0.5, 0.6) is 0 Å². The fraction of sp³-hybridized carbons (Fsp3) is 0.0612. The zero-order valence-corrected chi connectivity index (χ0v) is 29.4. The van der Waals surface area contributed by atoms with Gasteiger partial charge >= 0.3 is 0 Å². The minimum Gasteiger partial charge on any atom is -0.339 e. The molecule has 0 amide bonds. The molecule has 3 heterocycles. The molecule has 0 saturated heterocycles. The van der Waals surface area contributed by atoms with Crippen molar-refractivity contribution in [3.05, 3.63) is 175 Å². The number of fused-ring (bicyclic) bond motifs is 9. The standard InChI is InChI=1S/C49H34N4/c1-49(2)40-21-13-12-20-35(40)36-28-38-37-26-33(23-25-43(37)53(44(38)29-41(36)49)34-18-10-5-11-19-34)32-22-24-42-39(27-32)45-46(30-14-6-3-7-15-30)51-47(52-48(45)50-42)31-16-8-4-9-17-31/h3-29H,1-2H3,(H,50,51,52). The summed E-state index contributed by atoms with van der Waals surface area (Å²) >= 11 is 0. The Balaban J connectivity index is 1.14. The lowest BCUT2D eigenvalue weighted by atomic mass is 9.82. The molecule has 4 heteroatoms. The molecule has 1 N–H and O–H groups in total. The Kier molecular flexibility index (Phi) is 6.27. The molecule has 0 fully saturated rings.